The van der Waals surface area contributed by atoms with E-state index in [2.05, 4.69) is 23.5 Å². The van der Waals surface area contributed by atoms with Crippen LogP contribution in [0.15, 0.2) is 18.2 Å². The molecule has 1 aliphatic carbocycles. The standard InChI is InChI=1S/C15H21NO/c1-4-13-6-7-15(9-14(13)5-1)17-11-12-3-2-8-16-10-12/h6-7,9,12,16H,1-5,8,10-11H2/t12-/m1/s1. The van der Waals surface area contributed by atoms with Crippen molar-refractivity contribution in [3.63, 3.8) is 0 Å². The van der Waals surface area contributed by atoms with E-state index in [0.29, 0.717) is 5.92 Å². The molecule has 1 aliphatic heterocycles. The summed E-state index contributed by atoms with van der Waals surface area (Å²) >= 11 is 0. The first-order chi connectivity index (χ1) is 8.42. The summed E-state index contributed by atoms with van der Waals surface area (Å²) in [5.41, 5.74) is 3.03. The summed E-state index contributed by atoms with van der Waals surface area (Å²) in [5, 5.41) is 3.43. The molecule has 2 heteroatoms. The van der Waals surface area contributed by atoms with Crippen LogP contribution in [0.3, 0.4) is 0 Å². The van der Waals surface area contributed by atoms with Crippen LogP contribution in [0.2, 0.25) is 0 Å². The van der Waals surface area contributed by atoms with Gasteiger partial charge >= 0.3 is 0 Å². The van der Waals surface area contributed by atoms with Gasteiger partial charge in [0, 0.05) is 12.5 Å². The number of nitrogens with one attached hydrogen (secondary N) is 1. The van der Waals surface area contributed by atoms with Crippen LogP contribution < -0.4 is 10.1 Å². The second kappa shape index (κ2) is 5.09. The quantitative estimate of drug-likeness (QED) is 0.863. The van der Waals surface area contributed by atoms with Gasteiger partial charge in [-0.05, 0) is 61.9 Å². The van der Waals surface area contributed by atoms with Crippen LogP contribution >= 0.6 is 0 Å². The lowest BCUT2D eigenvalue weighted by atomic mass is 10.0. The molecule has 0 bridgehead atoms. The number of rotatable bonds is 3. The van der Waals surface area contributed by atoms with E-state index in [1.807, 2.05) is 0 Å². The lowest BCUT2D eigenvalue weighted by Crippen LogP contribution is -2.33. The van der Waals surface area contributed by atoms with Crippen LogP contribution in [0.25, 0.3) is 0 Å². The van der Waals surface area contributed by atoms with E-state index in [0.717, 1.165) is 18.9 Å². The maximum atomic E-state index is 5.93. The molecule has 0 aromatic heterocycles. The van der Waals surface area contributed by atoms with Crippen molar-refractivity contribution >= 4 is 0 Å². The molecule has 2 nitrogen and oxygen atoms in total. The maximum Gasteiger partial charge on any atom is 0.119 e. The molecule has 2 aliphatic rings. The third kappa shape index (κ3) is 2.63. The smallest absolute Gasteiger partial charge is 0.119 e. The number of piperidine rings is 1. The Morgan fingerprint density at radius 3 is 3.00 bits per heavy atom. The number of fused-ring (bicyclic) bond motifs is 1. The third-order valence-electron chi connectivity index (χ3n) is 3.95. The monoisotopic (exact) mass is 231 g/mol. The molecule has 1 heterocycles. The molecule has 1 N–H and O–H groups in total. The van der Waals surface area contributed by atoms with Crippen LogP contribution in [-0.2, 0) is 12.8 Å². The Balaban J connectivity index is 1.57. The maximum absolute atomic E-state index is 5.93. The minimum Gasteiger partial charge on any atom is -0.493 e. The van der Waals surface area contributed by atoms with E-state index < -0.39 is 0 Å². The third-order valence-corrected chi connectivity index (χ3v) is 3.95. The first-order valence-electron chi connectivity index (χ1n) is 6.87. The van der Waals surface area contributed by atoms with Crippen LogP contribution in [0.4, 0.5) is 0 Å². The van der Waals surface area contributed by atoms with E-state index in [-0.39, 0.29) is 0 Å². The molecule has 0 saturated carbocycles. The van der Waals surface area contributed by atoms with Crippen LogP contribution in [-0.4, -0.2) is 19.7 Å². The lowest BCUT2D eigenvalue weighted by Gasteiger charge is -2.22. The van der Waals surface area contributed by atoms with E-state index in [9.17, 15) is 0 Å². The average Bonchev–Trinajstić information content (AvgIpc) is 2.85. The van der Waals surface area contributed by atoms with E-state index in [1.54, 1.807) is 0 Å². The molecule has 1 atom stereocenters. The molecule has 1 aromatic rings. The minimum absolute atomic E-state index is 0.692. The van der Waals surface area contributed by atoms with Gasteiger partial charge in [0.15, 0.2) is 0 Å². The summed E-state index contributed by atoms with van der Waals surface area (Å²) in [6.45, 7) is 3.16. The van der Waals surface area contributed by atoms with Gasteiger partial charge in [-0.2, -0.15) is 0 Å². The fraction of sp³-hybridized carbons (Fsp3) is 0.600. The van der Waals surface area contributed by atoms with Gasteiger partial charge in [-0.3, -0.25) is 0 Å². The van der Waals surface area contributed by atoms with Gasteiger partial charge in [0.25, 0.3) is 0 Å². The van der Waals surface area contributed by atoms with E-state index >= 15 is 0 Å². The molecule has 0 spiro atoms. The predicted molar refractivity (Wildman–Crippen MR) is 69.6 cm³/mol. The summed E-state index contributed by atoms with van der Waals surface area (Å²) in [5.74, 6) is 1.76. The summed E-state index contributed by atoms with van der Waals surface area (Å²) in [6.07, 6.45) is 6.39. The van der Waals surface area contributed by atoms with Crippen molar-refractivity contribution in [3.8, 4) is 5.75 Å². The van der Waals surface area contributed by atoms with Crippen molar-refractivity contribution in [2.24, 2.45) is 5.92 Å². The molecule has 0 unspecified atom stereocenters. The van der Waals surface area contributed by atoms with Gasteiger partial charge in [-0.25, -0.2) is 0 Å². The summed E-state index contributed by atoms with van der Waals surface area (Å²) in [7, 11) is 0. The molecule has 0 amide bonds. The van der Waals surface area contributed by atoms with Crippen molar-refractivity contribution < 1.29 is 4.74 Å². The highest BCUT2D eigenvalue weighted by molar-refractivity contribution is 5.38. The minimum atomic E-state index is 0.692. The molecular formula is C15H21NO. The zero-order chi connectivity index (χ0) is 11.5. The van der Waals surface area contributed by atoms with Crippen molar-refractivity contribution in [2.75, 3.05) is 19.7 Å². The van der Waals surface area contributed by atoms with Crippen molar-refractivity contribution in [3.05, 3.63) is 29.3 Å². The lowest BCUT2D eigenvalue weighted by molar-refractivity contribution is 0.218. The van der Waals surface area contributed by atoms with Crippen LogP contribution in [0.5, 0.6) is 5.75 Å². The SMILES string of the molecule is c1cc2c(cc1OC[C@@H]1CCCNC1)CCC2. The van der Waals surface area contributed by atoms with Crippen molar-refractivity contribution in [2.45, 2.75) is 32.1 Å². The van der Waals surface area contributed by atoms with Crippen molar-refractivity contribution in [1.82, 2.24) is 5.32 Å². The first-order valence-corrected chi connectivity index (χ1v) is 6.87. The summed E-state index contributed by atoms with van der Waals surface area (Å²) in [6, 6.07) is 6.63. The Bertz CT molecular complexity index is 383. The van der Waals surface area contributed by atoms with Gasteiger partial charge in [-0.15, -0.1) is 0 Å². The molecule has 92 valence electrons. The summed E-state index contributed by atoms with van der Waals surface area (Å²) in [4.78, 5) is 0. The Morgan fingerprint density at radius 2 is 2.12 bits per heavy atom. The molecule has 17 heavy (non-hydrogen) atoms. The van der Waals surface area contributed by atoms with E-state index in [1.165, 1.54) is 49.8 Å². The molecule has 1 saturated heterocycles. The second-order valence-corrected chi connectivity index (χ2v) is 5.31. The Kier molecular flexibility index (Phi) is 3.32. The Morgan fingerprint density at radius 1 is 1.18 bits per heavy atom. The molecule has 3 rings (SSSR count). The molecule has 1 fully saturated rings. The Hall–Kier alpha value is -1.02. The normalized spacial score (nSPS) is 23.4. The highest BCUT2D eigenvalue weighted by atomic mass is 16.5. The molecule has 0 radical (unpaired) electrons. The van der Waals surface area contributed by atoms with Gasteiger partial charge in [0.1, 0.15) is 5.75 Å². The second-order valence-electron chi connectivity index (χ2n) is 5.31. The average molecular weight is 231 g/mol. The van der Waals surface area contributed by atoms with Gasteiger partial charge in [0.05, 0.1) is 6.61 Å². The number of ether oxygens (including phenoxy) is 1. The highest BCUT2D eigenvalue weighted by Gasteiger charge is 2.15. The molecular weight excluding hydrogens is 210 g/mol. The predicted octanol–water partition coefficient (Wildman–Crippen LogP) is 2.55. The zero-order valence-electron chi connectivity index (χ0n) is 10.4. The van der Waals surface area contributed by atoms with Crippen molar-refractivity contribution in [1.29, 1.82) is 0 Å². The number of aryl methyl sites for hydroxylation is 2. The van der Waals surface area contributed by atoms with Gasteiger partial charge < -0.3 is 10.1 Å². The fourth-order valence-electron chi connectivity index (χ4n) is 2.92. The largest absolute Gasteiger partial charge is 0.493 e. The van der Waals surface area contributed by atoms with Gasteiger partial charge in [0.2, 0.25) is 0 Å². The summed E-state index contributed by atoms with van der Waals surface area (Å²) < 4.78 is 5.93. The fourth-order valence-corrected chi connectivity index (χ4v) is 2.92. The van der Waals surface area contributed by atoms with Crippen LogP contribution in [0.1, 0.15) is 30.4 Å². The number of hydrogen-bond acceptors (Lipinski definition) is 2. The van der Waals surface area contributed by atoms with Gasteiger partial charge in [-0.1, -0.05) is 6.07 Å². The van der Waals surface area contributed by atoms with E-state index in [4.69, 9.17) is 4.74 Å². The Labute approximate surface area is 103 Å². The zero-order valence-corrected chi connectivity index (χ0v) is 10.4. The first kappa shape index (κ1) is 11.1. The number of benzene rings is 1. The molecule has 1 aromatic carbocycles. The topological polar surface area (TPSA) is 21.3 Å². The number of hydrogen-bond donors (Lipinski definition) is 1. The van der Waals surface area contributed by atoms with Crippen LogP contribution in [0, 0.1) is 5.92 Å². The highest BCUT2D eigenvalue weighted by Crippen LogP contribution is 2.26.